The van der Waals surface area contributed by atoms with Crippen molar-refractivity contribution in [3.05, 3.63) is 47.8 Å². The van der Waals surface area contributed by atoms with Crippen LogP contribution in [0.4, 0.5) is 0 Å². The molecule has 0 spiro atoms. The van der Waals surface area contributed by atoms with Gasteiger partial charge in [0.1, 0.15) is 0 Å². The van der Waals surface area contributed by atoms with Crippen LogP contribution in [0, 0.1) is 0 Å². The fraction of sp³-hybridized carbons (Fsp3) is 0. The minimum atomic E-state index is 0.507. The Morgan fingerprint density at radius 2 is 1.81 bits per heavy atom. The van der Waals surface area contributed by atoms with Crippen molar-refractivity contribution in [2.45, 2.75) is 0 Å². The molecule has 0 unspecified atom stereocenters. The second-order valence-corrected chi connectivity index (χ2v) is 3.79. The van der Waals surface area contributed by atoms with E-state index in [1.165, 1.54) is 6.39 Å². The lowest BCUT2D eigenvalue weighted by Crippen LogP contribution is -1.82. The highest BCUT2D eigenvalue weighted by atomic mass is 35.5. The number of aromatic nitrogens is 2. The van der Waals surface area contributed by atoms with E-state index in [1.807, 2.05) is 36.4 Å². The van der Waals surface area contributed by atoms with E-state index in [9.17, 15) is 0 Å². The van der Waals surface area contributed by atoms with E-state index < -0.39 is 0 Å². The number of fused-ring (bicyclic) bond motifs is 1. The average molecular weight is 231 g/mol. The first-order valence-electron chi connectivity index (χ1n) is 4.80. The highest BCUT2D eigenvalue weighted by Crippen LogP contribution is 2.30. The van der Waals surface area contributed by atoms with Crippen molar-refractivity contribution in [3.63, 3.8) is 0 Å². The quantitative estimate of drug-likeness (QED) is 0.642. The van der Waals surface area contributed by atoms with E-state index in [-0.39, 0.29) is 0 Å². The molecule has 1 heterocycles. The van der Waals surface area contributed by atoms with Crippen molar-refractivity contribution in [2.24, 2.45) is 0 Å². The highest BCUT2D eigenvalue weighted by molar-refractivity contribution is 6.35. The lowest BCUT2D eigenvalue weighted by molar-refractivity contribution is 0.569. The lowest BCUT2D eigenvalue weighted by atomic mass is 10.0. The largest absolute Gasteiger partial charge is 0.423 e. The predicted molar refractivity (Wildman–Crippen MR) is 62.3 cm³/mol. The van der Waals surface area contributed by atoms with Gasteiger partial charge in [-0.25, -0.2) is 0 Å². The van der Waals surface area contributed by atoms with Gasteiger partial charge < -0.3 is 4.42 Å². The third-order valence-electron chi connectivity index (χ3n) is 2.46. The molecular weight excluding hydrogens is 224 g/mol. The van der Waals surface area contributed by atoms with Crippen LogP contribution in [0.15, 0.2) is 47.2 Å². The van der Waals surface area contributed by atoms with Crippen molar-refractivity contribution in [3.8, 4) is 11.5 Å². The molecule has 0 radical (unpaired) electrons. The third kappa shape index (κ3) is 1.37. The molecule has 16 heavy (non-hydrogen) atoms. The Balaban J connectivity index is 2.38. The molecule has 0 amide bonds. The molecule has 3 rings (SSSR count). The summed E-state index contributed by atoms with van der Waals surface area (Å²) >= 11 is 6.12. The van der Waals surface area contributed by atoms with E-state index in [2.05, 4.69) is 10.2 Å². The maximum atomic E-state index is 6.12. The summed E-state index contributed by atoms with van der Waals surface area (Å²) in [6, 6.07) is 11.6. The summed E-state index contributed by atoms with van der Waals surface area (Å²) in [4.78, 5) is 0. The molecule has 0 aliphatic carbocycles. The van der Waals surface area contributed by atoms with E-state index in [0.717, 1.165) is 21.4 Å². The average Bonchev–Trinajstić information content (AvgIpc) is 2.82. The summed E-state index contributed by atoms with van der Waals surface area (Å²) in [5.74, 6) is 0.507. The van der Waals surface area contributed by atoms with Crippen LogP contribution >= 0.6 is 11.6 Å². The topological polar surface area (TPSA) is 38.9 Å². The van der Waals surface area contributed by atoms with Crippen LogP contribution in [-0.4, -0.2) is 10.2 Å². The van der Waals surface area contributed by atoms with Crippen LogP contribution in [0.3, 0.4) is 0 Å². The number of hydrogen-bond donors (Lipinski definition) is 0. The first kappa shape index (κ1) is 9.36. The lowest BCUT2D eigenvalue weighted by Gasteiger charge is -2.03. The number of benzene rings is 2. The SMILES string of the molecule is Clc1cccc2c(-c3nnco3)cccc12. The highest BCUT2D eigenvalue weighted by Gasteiger charge is 2.09. The molecule has 3 aromatic rings. The van der Waals surface area contributed by atoms with E-state index in [1.54, 1.807) is 0 Å². The van der Waals surface area contributed by atoms with Crippen LogP contribution in [0.25, 0.3) is 22.2 Å². The molecule has 0 aliphatic rings. The Hall–Kier alpha value is -1.87. The monoisotopic (exact) mass is 230 g/mol. The van der Waals surface area contributed by atoms with Gasteiger partial charge in [-0.2, -0.15) is 0 Å². The number of halogens is 1. The van der Waals surface area contributed by atoms with Crippen LogP contribution in [0.5, 0.6) is 0 Å². The van der Waals surface area contributed by atoms with Gasteiger partial charge in [0.05, 0.1) is 0 Å². The Morgan fingerprint density at radius 3 is 2.62 bits per heavy atom. The molecule has 0 aliphatic heterocycles. The van der Waals surface area contributed by atoms with Crippen LogP contribution in [0.2, 0.25) is 5.02 Å². The maximum absolute atomic E-state index is 6.12. The smallest absolute Gasteiger partial charge is 0.248 e. The fourth-order valence-corrected chi connectivity index (χ4v) is 1.99. The molecule has 78 valence electrons. The standard InChI is InChI=1S/C12H7ClN2O/c13-11-6-2-3-8-9(11)4-1-5-10(8)12-15-14-7-16-12/h1-7H. The predicted octanol–water partition coefficient (Wildman–Crippen LogP) is 3.54. The molecule has 0 saturated heterocycles. The molecule has 0 saturated carbocycles. The van der Waals surface area contributed by atoms with Gasteiger partial charge >= 0.3 is 0 Å². The van der Waals surface area contributed by atoms with Gasteiger partial charge in [-0.05, 0) is 17.5 Å². The Bertz CT molecular complexity index is 635. The molecule has 0 fully saturated rings. The molecule has 4 heteroatoms. The Kier molecular flexibility index (Phi) is 2.11. The van der Waals surface area contributed by atoms with Crippen LogP contribution in [-0.2, 0) is 0 Å². The van der Waals surface area contributed by atoms with Gasteiger partial charge in [0.25, 0.3) is 0 Å². The van der Waals surface area contributed by atoms with Gasteiger partial charge in [0, 0.05) is 16.0 Å². The second-order valence-electron chi connectivity index (χ2n) is 3.38. The van der Waals surface area contributed by atoms with Crippen molar-refractivity contribution in [1.82, 2.24) is 10.2 Å². The minimum Gasteiger partial charge on any atom is -0.423 e. The second kappa shape index (κ2) is 3.61. The molecule has 0 N–H and O–H groups in total. The molecule has 2 aromatic carbocycles. The van der Waals surface area contributed by atoms with Gasteiger partial charge in [-0.1, -0.05) is 35.9 Å². The third-order valence-corrected chi connectivity index (χ3v) is 2.79. The van der Waals surface area contributed by atoms with Gasteiger partial charge in [0.15, 0.2) is 0 Å². The zero-order valence-electron chi connectivity index (χ0n) is 8.22. The minimum absolute atomic E-state index is 0.507. The first-order chi connectivity index (χ1) is 7.86. The number of nitrogens with zero attached hydrogens (tertiary/aromatic N) is 2. The zero-order valence-corrected chi connectivity index (χ0v) is 8.98. The van der Waals surface area contributed by atoms with Gasteiger partial charge in [-0.15, -0.1) is 10.2 Å². The molecule has 0 atom stereocenters. The Labute approximate surface area is 96.7 Å². The van der Waals surface area contributed by atoms with Gasteiger partial charge in [-0.3, -0.25) is 0 Å². The first-order valence-corrected chi connectivity index (χ1v) is 5.18. The maximum Gasteiger partial charge on any atom is 0.248 e. The van der Waals surface area contributed by atoms with Crippen LogP contribution in [0.1, 0.15) is 0 Å². The summed E-state index contributed by atoms with van der Waals surface area (Å²) in [5.41, 5.74) is 0.900. The number of rotatable bonds is 1. The molecular formula is C12H7ClN2O. The Morgan fingerprint density at radius 1 is 1.00 bits per heavy atom. The van der Waals surface area contributed by atoms with Gasteiger partial charge in [0.2, 0.25) is 12.3 Å². The fourth-order valence-electron chi connectivity index (χ4n) is 1.75. The van der Waals surface area contributed by atoms with E-state index in [4.69, 9.17) is 16.0 Å². The van der Waals surface area contributed by atoms with Crippen molar-refractivity contribution in [2.75, 3.05) is 0 Å². The normalized spacial score (nSPS) is 10.8. The van der Waals surface area contributed by atoms with Crippen molar-refractivity contribution >= 4 is 22.4 Å². The molecule has 1 aromatic heterocycles. The van der Waals surface area contributed by atoms with Crippen LogP contribution < -0.4 is 0 Å². The molecule has 3 nitrogen and oxygen atoms in total. The van der Waals surface area contributed by atoms with Crippen molar-refractivity contribution in [1.29, 1.82) is 0 Å². The summed E-state index contributed by atoms with van der Waals surface area (Å²) in [6.07, 6.45) is 1.32. The number of hydrogen-bond acceptors (Lipinski definition) is 3. The van der Waals surface area contributed by atoms with E-state index >= 15 is 0 Å². The summed E-state index contributed by atoms with van der Waals surface area (Å²) in [6.45, 7) is 0. The zero-order chi connectivity index (χ0) is 11.0. The van der Waals surface area contributed by atoms with Crippen molar-refractivity contribution < 1.29 is 4.42 Å². The summed E-state index contributed by atoms with van der Waals surface area (Å²) in [7, 11) is 0. The summed E-state index contributed by atoms with van der Waals surface area (Å²) in [5, 5.41) is 10.3. The molecule has 0 bridgehead atoms. The van der Waals surface area contributed by atoms with E-state index in [0.29, 0.717) is 5.89 Å². The summed E-state index contributed by atoms with van der Waals surface area (Å²) < 4.78 is 5.20.